The average molecular weight is 262 g/mol. The lowest BCUT2D eigenvalue weighted by Gasteiger charge is -2.07. The van der Waals surface area contributed by atoms with E-state index in [1.807, 2.05) is 0 Å². The van der Waals surface area contributed by atoms with E-state index in [1.54, 1.807) is 24.3 Å². The SMILES string of the molecule is CC1CC1CNC(=O)Nc1ccc(CC(=O)O)cc1. The molecule has 1 aliphatic rings. The molecule has 1 saturated carbocycles. The van der Waals surface area contributed by atoms with Gasteiger partial charge in [0.1, 0.15) is 0 Å². The number of amides is 2. The molecule has 19 heavy (non-hydrogen) atoms. The van der Waals surface area contributed by atoms with Crippen LogP contribution in [0, 0.1) is 11.8 Å². The first-order valence-electron chi connectivity index (χ1n) is 6.40. The van der Waals surface area contributed by atoms with Crippen LogP contribution in [0.2, 0.25) is 0 Å². The van der Waals surface area contributed by atoms with Gasteiger partial charge in [-0.05, 0) is 36.0 Å². The number of urea groups is 1. The van der Waals surface area contributed by atoms with Gasteiger partial charge in [0, 0.05) is 12.2 Å². The van der Waals surface area contributed by atoms with E-state index in [-0.39, 0.29) is 12.5 Å². The van der Waals surface area contributed by atoms with Crippen LogP contribution in [0.5, 0.6) is 0 Å². The van der Waals surface area contributed by atoms with Crippen molar-refractivity contribution >= 4 is 17.7 Å². The Hall–Kier alpha value is -2.04. The van der Waals surface area contributed by atoms with Crippen LogP contribution in [0.3, 0.4) is 0 Å². The van der Waals surface area contributed by atoms with Crippen LogP contribution >= 0.6 is 0 Å². The third-order valence-electron chi connectivity index (χ3n) is 3.37. The van der Waals surface area contributed by atoms with Crippen molar-refractivity contribution < 1.29 is 14.7 Å². The first-order valence-corrected chi connectivity index (χ1v) is 6.40. The second kappa shape index (κ2) is 5.73. The molecule has 2 rings (SSSR count). The van der Waals surface area contributed by atoms with Crippen molar-refractivity contribution in [2.45, 2.75) is 19.8 Å². The summed E-state index contributed by atoms with van der Waals surface area (Å²) in [5.74, 6) is 0.469. The summed E-state index contributed by atoms with van der Waals surface area (Å²) < 4.78 is 0. The van der Waals surface area contributed by atoms with Gasteiger partial charge in [-0.25, -0.2) is 4.79 Å². The second-order valence-electron chi connectivity index (χ2n) is 5.08. The molecule has 0 aromatic heterocycles. The molecule has 0 aliphatic heterocycles. The van der Waals surface area contributed by atoms with E-state index in [0.29, 0.717) is 23.7 Å². The van der Waals surface area contributed by atoms with Crippen molar-refractivity contribution in [2.24, 2.45) is 11.8 Å². The lowest BCUT2D eigenvalue weighted by molar-refractivity contribution is -0.136. The molecule has 2 atom stereocenters. The lowest BCUT2D eigenvalue weighted by Crippen LogP contribution is -2.30. The zero-order chi connectivity index (χ0) is 13.8. The van der Waals surface area contributed by atoms with E-state index in [9.17, 15) is 9.59 Å². The topological polar surface area (TPSA) is 78.4 Å². The van der Waals surface area contributed by atoms with Crippen molar-refractivity contribution in [3.63, 3.8) is 0 Å². The predicted molar refractivity (Wildman–Crippen MR) is 72.1 cm³/mol. The number of anilines is 1. The summed E-state index contributed by atoms with van der Waals surface area (Å²) in [5, 5.41) is 14.2. The van der Waals surface area contributed by atoms with Gasteiger partial charge in [0.25, 0.3) is 0 Å². The maximum Gasteiger partial charge on any atom is 0.319 e. The fourth-order valence-corrected chi connectivity index (χ4v) is 1.96. The van der Waals surface area contributed by atoms with Crippen molar-refractivity contribution in [1.82, 2.24) is 5.32 Å². The summed E-state index contributed by atoms with van der Waals surface area (Å²) in [6, 6.07) is 6.60. The molecule has 0 saturated heterocycles. The molecule has 0 spiro atoms. The molecule has 2 amide bonds. The van der Waals surface area contributed by atoms with E-state index in [0.717, 1.165) is 5.92 Å². The summed E-state index contributed by atoms with van der Waals surface area (Å²) in [6.07, 6.45) is 1.18. The highest BCUT2D eigenvalue weighted by Crippen LogP contribution is 2.36. The number of hydrogen-bond acceptors (Lipinski definition) is 2. The van der Waals surface area contributed by atoms with Gasteiger partial charge in [-0.1, -0.05) is 19.1 Å². The molecule has 1 aromatic carbocycles. The van der Waals surface area contributed by atoms with E-state index in [4.69, 9.17) is 5.11 Å². The van der Waals surface area contributed by atoms with Gasteiger partial charge in [-0.2, -0.15) is 0 Å². The normalized spacial score (nSPS) is 20.7. The number of benzene rings is 1. The predicted octanol–water partition coefficient (Wildman–Crippen LogP) is 2.09. The van der Waals surface area contributed by atoms with Crippen LogP contribution in [-0.2, 0) is 11.2 Å². The van der Waals surface area contributed by atoms with Crippen LogP contribution in [0.15, 0.2) is 24.3 Å². The highest BCUT2D eigenvalue weighted by Gasteiger charge is 2.32. The second-order valence-corrected chi connectivity index (χ2v) is 5.08. The first kappa shape index (κ1) is 13.4. The number of rotatable bonds is 5. The number of aliphatic carboxylic acids is 1. The van der Waals surface area contributed by atoms with Crippen molar-refractivity contribution in [3.05, 3.63) is 29.8 Å². The number of carboxylic acids is 1. The summed E-state index contributed by atoms with van der Waals surface area (Å²) in [6.45, 7) is 2.88. The van der Waals surface area contributed by atoms with Gasteiger partial charge in [-0.15, -0.1) is 0 Å². The Balaban J connectivity index is 1.78. The Kier molecular flexibility index (Phi) is 4.04. The minimum absolute atomic E-state index is 0.00789. The number of carbonyl (C=O) groups excluding carboxylic acids is 1. The van der Waals surface area contributed by atoms with Crippen LogP contribution in [-0.4, -0.2) is 23.7 Å². The molecule has 0 heterocycles. The smallest absolute Gasteiger partial charge is 0.319 e. The maximum absolute atomic E-state index is 11.6. The van der Waals surface area contributed by atoms with Crippen molar-refractivity contribution in [1.29, 1.82) is 0 Å². The first-order chi connectivity index (χ1) is 9.04. The fourth-order valence-electron chi connectivity index (χ4n) is 1.96. The quantitative estimate of drug-likeness (QED) is 0.760. The van der Waals surface area contributed by atoms with Crippen LogP contribution in [0.4, 0.5) is 10.5 Å². The molecule has 0 radical (unpaired) electrons. The van der Waals surface area contributed by atoms with E-state index < -0.39 is 5.97 Å². The molecule has 1 aliphatic carbocycles. The van der Waals surface area contributed by atoms with Crippen LogP contribution in [0.25, 0.3) is 0 Å². The Bertz CT molecular complexity index is 470. The third-order valence-corrected chi connectivity index (χ3v) is 3.37. The van der Waals surface area contributed by atoms with Gasteiger partial charge in [0.05, 0.1) is 6.42 Å². The third kappa shape index (κ3) is 4.28. The summed E-state index contributed by atoms with van der Waals surface area (Å²) in [4.78, 5) is 22.1. The van der Waals surface area contributed by atoms with Gasteiger partial charge in [0.2, 0.25) is 0 Å². The maximum atomic E-state index is 11.6. The number of carbonyl (C=O) groups is 2. The molecule has 2 unspecified atom stereocenters. The minimum Gasteiger partial charge on any atom is -0.481 e. The molecular weight excluding hydrogens is 244 g/mol. The van der Waals surface area contributed by atoms with E-state index >= 15 is 0 Å². The molecule has 5 nitrogen and oxygen atoms in total. The Morgan fingerprint density at radius 3 is 2.47 bits per heavy atom. The standard InChI is InChI=1S/C14H18N2O3/c1-9-6-11(9)8-15-14(19)16-12-4-2-10(3-5-12)7-13(17)18/h2-5,9,11H,6-8H2,1H3,(H,17,18)(H2,15,16,19). The minimum atomic E-state index is -0.864. The van der Waals surface area contributed by atoms with Crippen molar-refractivity contribution in [3.8, 4) is 0 Å². The molecule has 102 valence electrons. The lowest BCUT2D eigenvalue weighted by atomic mass is 10.1. The average Bonchev–Trinajstić information content (AvgIpc) is 3.05. The Morgan fingerprint density at radius 1 is 1.32 bits per heavy atom. The number of hydrogen-bond donors (Lipinski definition) is 3. The van der Waals surface area contributed by atoms with Crippen molar-refractivity contribution in [2.75, 3.05) is 11.9 Å². The number of nitrogens with one attached hydrogen (secondary N) is 2. The summed E-state index contributed by atoms with van der Waals surface area (Å²) >= 11 is 0. The largest absolute Gasteiger partial charge is 0.481 e. The molecule has 1 aromatic rings. The summed E-state index contributed by atoms with van der Waals surface area (Å²) in [5.41, 5.74) is 1.38. The monoisotopic (exact) mass is 262 g/mol. The van der Waals surface area contributed by atoms with Gasteiger partial charge in [-0.3, -0.25) is 4.79 Å². The highest BCUT2D eigenvalue weighted by atomic mass is 16.4. The molecule has 1 fully saturated rings. The molecule has 3 N–H and O–H groups in total. The Labute approximate surface area is 112 Å². The van der Waals surface area contributed by atoms with Crippen LogP contribution < -0.4 is 10.6 Å². The van der Waals surface area contributed by atoms with E-state index in [1.165, 1.54) is 6.42 Å². The van der Waals surface area contributed by atoms with Gasteiger partial charge < -0.3 is 15.7 Å². The Morgan fingerprint density at radius 2 is 1.95 bits per heavy atom. The number of carboxylic acid groups (broad SMARTS) is 1. The zero-order valence-corrected chi connectivity index (χ0v) is 10.8. The fraction of sp³-hybridized carbons (Fsp3) is 0.429. The molecular formula is C14H18N2O3. The highest BCUT2D eigenvalue weighted by molar-refractivity contribution is 5.89. The van der Waals surface area contributed by atoms with Crippen LogP contribution in [0.1, 0.15) is 18.9 Å². The zero-order valence-electron chi connectivity index (χ0n) is 10.8. The summed E-state index contributed by atoms with van der Waals surface area (Å²) in [7, 11) is 0. The van der Waals surface area contributed by atoms with Gasteiger partial charge in [0.15, 0.2) is 0 Å². The van der Waals surface area contributed by atoms with E-state index in [2.05, 4.69) is 17.6 Å². The molecule has 5 heteroatoms. The molecule has 0 bridgehead atoms. The van der Waals surface area contributed by atoms with Gasteiger partial charge >= 0.3 is 12.0 Å².